The van der Waals surface area contributed by atoms with Gasteiger partial charge in [0.2, 0.25) is 18.1 Å². The van der Waals surface area contributed by atoms with Gasteiger partial charge in [-0.3, -0.25) is 29.0 Å². The van der Waals surface area contributed by atoms with Crippen LogP contribution in [-0.2, 0) is 35.3 Å². The van der Waals surface area contributed by atoms with Crippen molar-refractivity contribution in [2.45, 2.75) is 63.1 Å². The minimum atomic E-state index is -0.991. The number of hydrogen-bond acceptors (Lipinski definition) is 7. The highest BCUT2D eigenvalue weighted by molar-refractivity contribution is 5.99. The Hall–Kier alpha value is -4.25. The fourth-order valence-corrected chi connectivity index (χ4v) is 5.07. The smallest absolute Gasteiger partial charge is 0.310 e. The molecule has 0 aromatic heterocycles. The molecule has 3 saturated heterocycles. The summed E-state index contributed by atoms with van der Waals surface area (Å²) in [6.45, 7) is 0.478. The van der Waals surface area contributed by atoms with Crippen molar-refractivity contribution >= 4 is 29.6 Å². The molecule has 0 bridgehead atoms. The highest BCUT2D eigenvalue weighted by atomic mass is 16.7. The van der Waals surface area contributed by atoms with Gasteiger partial charge in [0.25, 0.3) is 11.8 Å². The lowest BCUT2D eigenvalue weighted by atomic mass is 10.0. The van der Waals surface area contributed by atoms with Gasteiger partial charge in [0.1, 0.15) is 18.1 Å². The third-order valence-corrected chi connectivity index (χ3v) is 7.05. The van der Waals surface area contributed by atoms with Crippen LogP contribution in [0.3, 0.4) is 0 Å². The highest BCUT2D eigenvalue weighted by Gasteiger charge is 2.46. The average Bonchev–Trinajstić information content (AvgIpc) is 3.26. The molecule has 4 amide bonds. The molecule has 39 heavy (non-hydrogen) atoms. The van der Waals surface area contributed by atoms with Gasteiger partial charge in [-0.1, -0.05) is 48.5 Å². The van der Waals surface area contributed by atoms with Crippen LogP contribution in [0.4, 0.5) is 0 Å². The van der Waals surface area contributed by atoms with Gasteiger partial charge in [0.05, 0.1) is 13.0 Å². The maximum Gasteiger partial charge on any atom is 0.310 e. The molecule has 3 aliphatic rings. The molecule has 0 spiro atoms. The summed E-state index contributed by atoms with van der Waals surface area (Å²) < 4.78 is 11.1. The van der Waals surface area contributed by atoms with Crippen LogP contribution in [-0.4, -0.2) is 70.6 Å². The number of nitrogens with one attached hydrogen (secondary N) is 2. The third-order valence-electron chi connectivity index (χ3n) is 7.05. The van der Waals surface area contributed by atoms with Crippen LogP contribution in [0.5, 0.6) is 0 Å². The van der Waals surface area contributed by atoms with Gasteiger partial charge < -0.3 is 20.1 Å². The molecule has 11 nitrogen and oxygen atoms in total. The zero-order valence-corrected chi connectivity index (χ0v) is 21.3. The van der Waals surface area contributed by atoms with E-state index in [4.69, 9.17) is 9.47 Å². The molecule has 204 valence electrons. The summed E-state index contributed by atoms with van der Waals surface area (Å²) in [4.78, 5) is 64.9. The summed E-state index contributed by atoms with van der Waals surface area (Å²) >= 11 is 0. The molecule has 3 heterocycles. The van der Waals surface area contributed by atoms with Crippen molar-refractivity contribution in [3.63, 3.8) is 0 Å². The number of hydrazine groups is 1. The molecular weight excluding hydrogens is 504 g/mol. The number of carbonyl (C=O) groups is 5. The van der Waals surface area contributed by atoms with Crippen molar-refractivity contribution in [2.24, 2.45) is 0 Å². The van der Waals surface area contributed by atoms with Crippen LogP contribution in [0, 0.1) is 0 Å². The van der Waals surface area contributed by atoms with Gasteiger partial charge in [0.15, 0.2) is 0 Å². The van der Waals surface area contributed by atoms with Gasteiger partial charge >= 0.3 is 5.97 Å². The Morgan fingerprint density at radius 1 is 0.949 bits per heavy atom. The molecule has 11 heteroatoms. The van der Waals surface area contributed by atoms with Crippen LogP contribution >= 0.6 is 0 Å². The van der Waals surface area contributed by atoms with Crippen molar-refractivity contribution in [2.75, 3.05) is 6.54 Å². The lowest BCUT2D eigenvalue weighted by Gasteiger charge is -2.43. The monoisotopic (exact) mass is 534 g/mol. The fraction of sp³-hybridized carbons (Fsp3) is 0.393. The number of amides is 4. The van der Waals surface area contributed by atoms with Crippen molar-refractivity contribution in [1.29, 1.82) is 0 Å². The first kappa shape index (κ1) is 26.4. The van der Waals surface area contributed by atoms with Crippen molar-refractivity contribution in [3.8, 4) is 0 Å². The minimum absolute atomic E-state index is 0.0523. The van der Waals surface area contributed by atoms with Crippen molar-refractivity contribution in [3.05, 3.63) is 71.8 Å². The Labute approximate surface area is 225 Å². The fourth-order valence-electron chi connectivity index (χ4n) is 5.07. The van der Waals surface area contributed by atoms with E-state index in [2.05, 4.69) is 10.6 Å². The second-order valence-electron chi connectivity index (χ2n) is 9.76. The van der Waals surface area contributed by atoms with Crippen molar-refractivity contribution < 1.29 is 33.4 Å². The second kappa shape index (κ2) is 11.6. The summed E-state index contributed by atoms with van der Waals surface area (Å²) in [5.41, 5.74) is 1.27. The molecule has 0 aliphatic carbocycles. The second-order valence-corrected chi connectivity index (χ2v) is 9.76. The van der Waals surface area contributed by atoms with E-state index in [9.17, 15) is 24.0 Å². The van der Waals surface area contributed by atoms with E-state index in [-0.39, 0.29) is 31.8 Å². The van der Waals surface area contributed by atoms with E-state index in [1.807, 2.05) is 30.3 Å². The van der Waals surface area contributed by atoms with Gasteiger partial charge in [-0.2, -0.15) is 0 Å². The Kier molecular flexibility index (Phi) is 7.87. The number of esters is 1. The zero-order chi connectivity index (χ0) is 27.4. The van der Waals surface area contributed by atoms with Gasteiger partial charge in [-0.15, -0.1) is 0 Å². The Bertz CT molecular complexity index is 1240. The van der Waals surface area contributed by atoms with Crippen LogP contribution in [0.2, 0.25) is 0 Å². The summed E-state index contributed by atoms with van der Waals surface area (Å²) in [6, 6.07) is 15.1. The summed E-state index contributed by atoms with van der Waals surface area (Å²) in [7, 11) is 0. The predicted molar refractivity (Wildman–Crippen MR) is 136 cm³/mol. The van der Waals surface area contributed by atoms with Crippen LogP contribution in [0.25, 0.3) is 0 Å². The molecule has 2 aromatic carbocycles. The number of benzene rings is 2. The average molecular weight is 535 g/mol. The summed E-state index contributed by atoms with van der Waals surface area (Å²) in [5, 5.41) is 8.03. The van der Waals surface area contributed by atoms with Crippen LogP contribution in [0.1, 0.15) is 48.0 Å². The largest absolute Gasteiger partial charge is 0.433 e. The van der Waals surface area contributed by atoms with E-state index >= 15 is 0 Å². The summed E-state index contributed by atoms with van der Waals surface area (Å²) in [5.74, 6) is -2.28. The minimum Gasteiger partial charge on any atom is -0.433 e. The number of hydrogen-bond donors (Lipinski definition) is 2. The van der Waals surface area contributed by atoms with E-state index in [1.165, 1.54) is 10.0 Å². The van der Waals surface area contributed by atoms with Crippen molar-refractivity contribution in [1.82, 2.24) is 20.7 Å². The number of cyclic esters (lactones) is 1. The quantitative estimate of drug-likeness (QED) is 0.511. The predicted octanol–water partition coefficient (Wildman–Crippen LogP) is 1.29. The molecule has 0 saturated carbocycles. The molecule has 2 aromatic rings. The van der Waals surface area contributed by atoms with E-state index in [0.717, 1.165) is 5.56 Å². The molecular formula is C28H30N4O7. The third kappa shape index (κ3) is 5.93. The maximum absolute atomic E-state index is 13.7. The zero-order valence-electron chi connectivity index (χ0n) is 21.3. The van der Waals surface area contributed by atoms with Gasteiger partial charge in [0, 0.05) is 18.5 Å². The number of fused-ring (bicyclic) bond motifs is 1. The lowest BCUT2D eigenvalue weighted by molar-refractivity contribution is -0.177. The molecule has 5 rings (SSSR count). The Balaban J connectivity index is 1.29. The Morgan fingerprint density at radius 2 is 1.67 bits per heavy atom. The summed E-state index contributed by atoms with van der Waals surface area (Å²) in [6.07, 6.45) is -0.0555. The molecule has 3 aliphatic heterocycles. The number of ether oxygens (including phenoxy) is 2. The first-order valence-corrected chi connectivity index (χ1v) is 13.1. The standard InChI is InChI=1S/C28H30N4O7/c33-23-14-13-20(29-25(35)19-10-5-2-6-11-19)27(37)32-22(12-7-15-31(23)32)26(36)30-21-16-24(34)39-28(21)38-17-18-8-3-1-4-9-18/h1-6,8-11,20-22,28H,7,12-17H2,(H,29,35)(H,30,36)/t20-,21?,22-,28?/m0/s1. The maximum atomic E-state index is 13.7. The molecule has 2 N–H and O–H groups in total. The Morgan fingerprint density at radius 3 is 2.41 bits per heavy atom. The lowest BCUT2D eigenvalue weighted by Crippen LogP contribution is -2.64. The molecule has 2 unspecified atom stereocenters. The number of carbonyl (C=O) groups excluding carboxylic acids is 5. The number of nitrogens with zero attached hydrogens (tertiary/aromatic N) is 2. The SMILES string of the molecule is O=C1CC(NC(=O)[C@@H]2CCCN3C(=O)CC[C@H](NC(=O)c4ccccc4)C(=O)N23)C(OCc2ccccc2)O1. The molecule has 4 atom stereocenters. The molecule has 0 radical (unpaired) electrons. The van der Waals surface area contributed by atoms with E-state index in [0.29, 0.717) is 24.9 Å². The van der Waals surface area contributed by atoms with Gasteiger partial charge in [-0.05, 0) is 37.0 Å². The van der Waals surface area contributed by atoms with E-state index < -0.39 is 48.1 Å². The van der Waals surface area contributed by atoms with E-state index in [1.54, 1.807) is 30.3 Å². The molecule has 3 fully saturated rings. The van der Waals surface area contributed by atoms with Crippen LogP contribution < -0.4 is 10.6 Å². The number of rotatable bonds is 7. The topological polar surface area (TPSA) is 134 Å². The normalized spacial score (nSPS) is 25.0. The van der Waals surface area contributed by atoms with Crippen LogP contribution in [0.15, 0.2) is 60.7 Å². The van der Waals surface area contributed by atoms with Gasteiger partial charge in [-0.25, -0.2) is 5.01 Å². The first-order valence-electron chi connectivity index (χ1n) is 13.1. The first-order chi connectivity index (χ1) is 18.9. The highest BCUT2D eigenvalue weighted by Crippen LogP contribution is 2.26.